The zero-order valence-electron chi connectivity index (χ0n) is 13.6. The molecule has 0 aliphatic carbocycles. The molecule has 0 heterocycles. The third kappa shape index (κ3) is 4.32. The molecule has 0 aliphatic heterocycles. The van der Waals surface area contributed by atoms with Crippen molar-refractivity contribution in [2.24, 2.45) is 0 Å². The Bertz CT molecular complexity index is 1160. The Hall–Kier alpha value is -1.69. The predicted molar refractivity (Wildman–Crippen MR) is 104 cm³/mol. The summed E-state index contributed by atoms with van der Waals surface area (Å²) in [5.41, 5.74) is -0.0365. The van der Waals surface area contributed by atoms with Crippen LogP contribution in [0, 0.1) is 0 Å². The summed E-state index contributed by atoms with van der Waals surface area (Å²) in [6, 6.07) is 11.4. The number of halogens is 2. The van der Waals surface area contributed by atoms with Crippen LogP contribution in [-0.2, 0) is 19.5 Å². The molecule has 146 valence electrons. The van der Waals surface area contributed by atoms with Gasteiger partial charge in [0.15, 0.2) is 5.78 Å². The van der Waals surface area contributed by atoms with E-state index in [1.165, 1.54) is 36.4 Å². The molecule has 28 heavy (non-hydrogen) atoms. The molecule has 0 saturated heterocycles. The molecule has 0 saturated carbocycles. The summed E-state index contributed by atoms with van der Waals surface area (Å²) in [6.07, 6.45) is 0. The Kier molecular flexibility index (Phi) is 6.28. The normalized spacial score (nSPS) is 11.7. The topological polar surface area (TPSA) is 110 Å². The first-order valence-corrected chi connectivity index (χ1v) is 10.3. The molecule has 0 atom stereocenters. The molecule has 11 heteroatoms. The van der Waals surface area contributed by atoms with Crippen molar-refractivity contribution in [1.29, 1.82) is 0 Å². The molecule has 0 spiro atoms. The zero-order chi connectivity index (χ0) is 20.5. The highest BCUT2D eigenvalue weighted by Gasteiger charge is 2.22. The number of carbonyl (C=O) groups is 1. The highest BCUT2D eigenvalue weighted by molar-refractivity contribution is 7.94. The van der Waals surface area contributed by atoms with Crippen LogP contribution in [0.3, 0.4) is 0 Å². The van der Waals surface area contributed by atoms with Crippen molar-refractivity contribution in [3.8, 4) is 0 Å². The SMILES string of the molecule is O=C(c1cc(S(=O)(=O)O)c2ccc(SOOO)cc2c1)c1c(Cl)cccc1Cl. The molecule has 0 aliphatic rings. The Labute approximate surface area is 173 Å². The number of rotatable bonds is 6. The fraction of sp³-hybridized carbons (Fsp3) is 0. The molecule has 3 aromatic carbocycles. The molecule has 0 bridgehead atoms. The standard InChI is InChI=1S/C17H10Cl2O7S2/c18-13-2-1-3-14(19)16(13)17(20)10-6-9-7-11(27-26-25-21)4-5-12(9)15(8-10)28(22,23)24/h1-8,21H,(H,22,23,24). The first-order chi connectivity index (χ1) is 13.2. The summed E-state index contributed by atoms with van der Waals surface area (Å²) in [6.45, 7) is 0. The smallest absolute Gasteiger partial charge is 0.288 e. The summed E-state index contributed by atoms with van der Waals surface area (Å²) in [5, 5.41) is 12.5. The van der Waals surface area contributed by atoms with Crippen molar-refractivity contribution < 1.29 is 32.4 Å². The summed E-state index contributed by atoms with van der Waals surface area (Å²) in [5.74, 6) is -0.615. The molecule has 0 amide bonds. The highest BCUT2D eigenvalue weighted by Crippen LogP contribution is 2.32. The minimum absolute atomic E-state index is 0.00835. The van der Waals surface area contributed by atoms with E-state index in [0.29, 0.717) is 22.3 Å². The van der Waals surface area contributed by atoms with E-state index in [0.717, 1.165) is 6.07 Å². The lowest BCUT2D eigenvalue weighted by atomic mass is 9.99. The average molecular weight is 461 g/mol. The van der Waals surface area contributed by atoms with Gasteiger partial charge in [0.2, 0.25) is 0 Å². The van der Waals surface area contributed by atoms with Crippen LogP contribution in [0.15, 0.2) is 58.3 Å². The van der Waals surface area contributed by atoms with Gasteiger partial charge >= 0.3 is 0 Å². The Morgan fingerprint density at radius 3 is 2.32 bits per heavy atom. The van der Waals surface area contributed by atoms with E-state index in [-0.39, 0.29) is 26.6 Å². The number of ketones is 1. The maximum Gasteiger partial charge on any atom is 0.295 e. The van der Waals surface area contributed by atoms with E-state index in [1.807, 2.05) is 0 Å². The second kappa shape index (κ2) is 8.36. The van der Waals surface area contributed by atoms with Gasteiger partial charge in [0.25, 0.3) is 10.1 Å². The van der Waals surface area contributed by atoms with E-state index >= 15 is 0 Å². The molecule has 0 aromatic heterocycles. The van der Waals surface area contributed by atoms with Crippen LogP contribution in [0.2, 0.25) is 10.0 Å². The van der Waals surface area contributed by atoms with Crippen LogP contribution >= 0.6 is 35.2 Å². The summed E-state index contributed by atoms with van der Waals surface area (Å²) in [4.78, 5) is 12.9. The number of hydrogen-bond acceptors (Lipinski definition) is 7. The van der Waals surface area contributed by atoms with Gasteiger partial charge in [-0.25, -0.2) is 5.26 Å². The monoisotopic (exact) mass is 460 g/mol. The van der Waals surface area contributed by atoms with Gasteiger partial charge in [0.1, 0.15) is 4.90 Å². The maximum atomic E-state index is 12.9. The second-order valence-electron chi connectivity index (χ2n) is 5.48. The zero-order valence-corrected chi connectivity index (χ0v) is 16.8. The molecule has 7 nitrogen and oxygen atoms in total. The van der Waals surface area contributed by atoms with Gasteiger partial charge in [-0.05, 0) is 41.8 Å². The summed E-state index contributed by atoms with van der Waals surface area (Å²) >= 11 is 12.8. The molecular formula is C17H10Cl2O7S2. The lowest BCUT2D eigenvalue weighted by Crippen LogP contribution is -2.07. The first kappa shape index (κ1) is 21.0. The summed E-state index contributed by atoms with van der Waals surface area (Å²) in [7, 11) is -4.64. The van der Waals surface area contributed by atoms with Crippen molar-refractivity contribution in [2.75, 3.05) is 0 Å². The van der Waals surface area contributed by atoms with Crippen LogP contribution < -0.4 is 0 Å². The summed E-state index contributed by atoms with van der Waals surface area (Å²) < 4.78 is 37.7. The number of hydrogen-bond donors (Lipinski definition) is 2. The Morgan fingerprint density at radius 1 is 1.04 bits per heavy atom. The number of fused-ring (bicyclic) bond motifs is 1. The quantitative estimate of drug-likeness (QED) is 0.173. The molecule has 3 rings (SSSR count). The van der Waals surface area contributed by atoms with Gasteiger partial charge in [-0.1, -0.05) is 40.4 Å². The largest absolute Gasteiger partial charge is 0.295 e. The Morgan fingerprint density at radius 2 is 1.71 bits per heavy atom. The van der Waals surface area contributed by atoms with E-state index in [1.54, 1.807) is 6.07 Å². The van der Waals surface area contributed by atoms with Crippen molar-refractivity contribution in [3.63, 3.8) is 0 Å². The third-order valence-corrected chi connectivity index (χ3v) is 5.88. The van der Waals surface area contributed by atoms with Crippen molar-refractivity contribution in [3.05, 3.63) is 69.7 Å². The van der Waals surface area contributed by atoms with Gasteiger partial charge in [-0.3, -0.25) is 9.35 Å². The molecule has 3 aromatic rings. The second-order valence-corrected chi connectivity index (χ2v) is 8.46. The van der Waals surface area contributed by atoms with Gasteiger partial charge in [0, 0.05) is 15.8 Å². The average Bonchev–Trinajstić information content (AvgIpc) is 2.64. The predicted octanol–water partition coefficient (Wildman–Crippen LogP) is 5.05. The van der Waals surface area contributed by atoms with E-state index in [2.05, 4.69) is 9.37 Å². The van der Waals surface area contributed by atoms with Gasteiger partial charge in [-0.2, -0.15) is 8.42 Å². The van der Waals surface area contributed by atoms with E-state index < -0.39 is 20.8 Å². The molecule has 0 fully saturated rings. The van der Waals surface area contributed by atoms with Crippen LogP contribution in [-0.4, -0.2) is 24.0 Å². The van der Waals surface area contributed by atoms with E-state index in [9.17, 15) is 17.8 Å². The Balaban J connectivity index is 2.23. The third-order valence-electron chi connectivity index (χ3n) is 3.78. The van der Waals surface area contributed by atoms with Gasteiger partial charge < -0.3 is 0 Å². The van der Waals surface area contributed by atoms with Crippen LogP contribution in [0.1, 0.15) is 15.9 Å². The number of carbonyl (C=O) groups excluding carboxylic acids is 1. The lowest BCUT2D eigenvalue weighted by Gasteiger charge is -2.11. The van der Waals surface area contributed by atoms with Crippen molar-refractivity contribution in [1.82, 2.24) is 0 Å². The molecule has 2 N–H and O–H groups in total. The van der Waals surface area contributed by atoms with Gasteiger partial charge in [0.05, 0.1) is 27.7 Å². The van der Waals surface area contributed by atoms with Crippen LogP contribution in [0.4, 0.5) is 0 Å². The van der Waals surface area contributed by atoms with Gasteiger partial charge in [-0.15, -0.1) is 4.33 Å². The highest BCUT2D eigenvalue weighted by atomic mass is 35.5. The molecular weight excluding hydrogens is 451 g/mol. The minimum atomic E-state index is -4.64. The first-order valence-electron chi connectivity index (χ1n) is 7.41. The number of benzene rings is 3. The fourth-order valence-electron chi connectivity index (χ4n) is 2.62. The molecule has 0 unspecified atom stereocenters. The maximum absolute atomic E-state index is 12.9. The van der Waals surface area contributed by atoms with Crippen molar-refractivity contribution >= 4 is 61.9 Å². The fourth-order valence-corrected chi connectivity index (χ4v) is 4.34. The minimum Gasteiger partial charge on any atom is -0.288 e. The lowest BCUT2D eigenvalue weighted by molar-refractivity contribution is -0.432. The van der Waals surface area contributed by atoms with Crippen LogP contribution in [0.25, 0.3) is 10.8 Å². The van der Waals surface area contributed by atoms with Crippen molar-refractivity contribution in [2.45, 2.75) is 9.79 Å². The molecule has 0 radical (unpaired) electrons. The van der Waals surface area contributed by atoms with E-state index in [4.69, 9.17) is 28.5 Å². The van der Waals surface area contributed by atoms with Crippen LogP contribution in [0.5, 0.6) is 0 Å².